The molecule has 0 spiro atoms. The third kappa shape index (κ3) is 12.3. The lowest BCUT2D eigenvalue weighted by Crippen LogP contribution is -2.66. The first-order valence-corrected chi connectivity index (χ1v) is 44.0. The summed E-state index contributed by atoms with van der Waals surface area (Å²) >= 11 is 0. The molecule has 6 aliphatic rings. The van der Waals surface area contributed by atoms with Gasteiger partial charge in [-0.3, -0.25) is 0 Å². The van der Waals surface area contributed by atoms with E-state index in [0.717, 1.165) is 206 Å². The third-order valence-corrected chi connectivity index (χ3v) is 26.8. The topological polar surface area (TPSA) is 67.2 Å². The zero-order chi connectivity index (χ0) is 85.1. The number of hydrogen-bond donors (Lipinski definition) is 0. The molecule has 0 radical (unpaired) electrons. The molecule has 0 bridgehead atoms. The molecule has 0 aliphatic carbocycles. The van der Waals surface area contributed by atoms with Crippen LogP contribution in [0.5, 0.6) is 46.0 Å². The summed E-state index contributed by atoms with van der Waals surface area (Å²) in [5, 5.41) is 11.8. The number of nitriles is 1. The third-order valence-electron chi connectivity index (χ3n) is 26.8. The van der Waals surface area contributed by atoms with Crippen molar-refractivity contribution in [3.8, 4) is 152 Å². The summed E-state index contributed by atoms with van der Waals surface area (Å²) < 4.78 is 32.8. The molecule has 0 aromatic heterocycles. The number of anilines is 6. The molecule has 0 saturated heterocycles. The van der Waals surface area contributed by atoms with Crippen LogP contribution >= 0.6 is 0 Å². The maximum Gasteiger partial charge on any atom is 0.261 e. The monoisotopic (exact) mass is 1630 g/mol. The highest BCUT2D eigenvalue weighted by atomic mass is 16.5. The van der Waals surface area contributed by atoms with Crippen molar-refractivity contribution in [1.29, 1.82) is 5.26 Å². The molecule has 18 aromatic carbocycles. The Morgan fingerprint density at radius 3 is 0.803 bits per heavy atom. The number of nitrogens with zero attached hydrogens (tertiary/aromatic N) is 3. The van der Waals surface area contributed by atoms with Crippen LogP contribution in [0.25, 0.3) is 100 Å². The van der Waals surface area contributed by atoms with Crippen LogP contribution in [0.2, 0.25) is 0 Å². The second-order valence-corrected chi connectivity index (χ2v) is 36.3. The lowest BCUT2D eigenvalue weighted by atomic mass is 9.28. The lowest BCUT2D eigenvalue weighted by molar-refractivity contribution is 0.467. The summed E-state index contributed by atoms with van der Waals surface area (Å²) in [6, 6.07) is 144. The molecule has 24 rings (SSSR count). The van der Waals surface area contributed by atoms with E-state index in [1.165, 1.54) is 11.1 Å². The summed E-state index contributed by atoms with van der Waals surface area (Å²) in [6.45, 7) is 12.4. The molecule has 127 heavy (non-hydrogen) atoms. The summed E-state index contributed by atoms with van der Waals surface area (Å²) in [5.74, 6) is 5.72. The van der Waals surface area contributed by atoms with E-state index in [0.29, 0.717) is 28.6 Å². The Morgan fingerprint density at radius 1 is 0.228 bits per heavy atom. The van der Waals surface area contributed by atoms with Gasteiger partial charge >= 0.3 is 0 Å². The second kappa shape index (κ2) is 29.3. The van der Waals surface area contributed by atoms with Gasteiger partial charge < -0.3 is 28.7 Å². The fraction of sp³-hybridized carbons (Fsp3) is 0.0684. The van der Waals surface area contributed by atoms with E-state index in [1.54, 1.807) is 0 Å². The van der Waals surface area contributed by atoms with E-state index >= 15 is 0 Å². The molecular weight excluding hydrogens is 1540 g/mol. The minimum atomic E-state index is -0.755. The molecule has 0 saturated carbocycles. The van der Waals surface area contributed by atoms with Crippen molar-refractivity contribution in [2.45, 2.75) is 52.4 Å². The molecular formula is C117H82B3N3O4. The minimum absolute atomic E-state index is 0.332. The summed E-state index contributed by atoms with van der Waals surface area (Å²) in [5.41, 5.74) is 34.6. The highest BCUT2D eigenvalue weighted by molar-refractivity contribution is 7.05. The zero-order valence-electron chi connectivity index (χ0n) is 71.2. The fourth-order valence-electron chi connectivity index (χ4n) is 20.7. The van der Waals surface area contributed by atoms with Crippen molar-refractivity contribution in [3.63, 3.8) is 0 Å². The molecule has 0 atom stereocenters. The average molecular weight is 1630 g/mol. The Balaban J connectivity index is 0.918. The van der Waals surface area contributed by atoms with E-state index in [2.05, 4.69) is 434 Å². The maximum absolute atomic E-state index is 11.8. The van der Waals surface area contributed by atoms with E-state index < -0.39 is 20.1 Å². The Morgan fingerprint density at radius 2 is 0.504 bits per heavy atom. The Hall–Kier alpha value is -15.6. The summed E-state index contributed by atoms with van der Waals surface area (Å²) in [7, 11) is 0. The minimum Gasteiger partial charge on any atom is -0.459 e. The quantitative estimate of drug-likeness (QED) is 0.120. The van der Waals surface area contributed by atoms with Gasteiger partial charge in [-0.2, -0.15) is 5.26 Å². The molecule has 7 nitrogen and oxygen atoms in total. The first-order valence-electron chi connectivity index (χ1n) is 44.0. The van der Waals surface area contributed by atoms with Crippen molar-refractivity contribution >= 4 is 103 Å². The maximum atomic E-state index is 11.8. The zero-order valence-corrected chi connectivity index (χ0v) is 71.2. The van der Waals surface area contributed by atoms with Gasteiger partial charge in [-0.25, -0.2) is 0 Å². The van der Waals surface area contributed by atoms with Crippen LogP contribution in [0.1, 0.15) is 58.2 Å². The average Bonchev–Trinajstić information content (AvgIpc) is 0.665. The van der Waals surface area contributed by atoms with Crippen LogP contribution < -0.4 is 77.9 Å². The van der Waals surface area contributed by atoms with Gasteiger partial charge in [0.25, 0.3) is 20.1 Å². The predicted molar refractivity (Wildman–Crippen MR) is 527 cm³/mol. The summed E-state index contributed by atoms with van der Waals surface area (Å²) in [4.78, 5) is 5.18. The van der Waals surface area contributed by atoms with Gasteiger partial charge in [0.1, 0.15) is 46.0 Å². The Labute approximate surface area is 741 Å². The van der Waals surface area contributed by atoms with Gasteiger partial charge in [-0.1, -0.05) is 351 Å². The molecule has 598 valence electrons. The number of fused-ring (bicyclic) bond motifs is 14. The molecule has 0 unspecified atom stereocenters. The molecule has 0 amide bonds. The van der Waals surface area contributed by atoms with Crippen LogP contribution in [0.15, 0.2) is 388 Å². The number of ether oxygens (including phenoxy) is 4. The van der Waals surface area contributed by atoms with Gasteiger partial charge in [-0.15, -0.1) is 0 Å². The van der Waals surface area contributed by atoms with E-state index in [4.69, 9.17) is 18.9 Å². The van der Waals surface area contributed by atoms with Gasteiger partial charge in [-0.05, 0) is 205 Å². The van der Waals surface area contributed by atoms with Crippen LogP contribution in [0.4, 0.5) is 34.1 Å². The first kappa shape index (κ1) is 75.2. The normalized spacial score (nSPS) is 13.1. The lowest BCUT2D eigenvalue weighted by Gasteiger charge is -2.48. The number of benzene rings is 18. The first-order chi connectivity index (χ1) is 62.2. The molecule has 18 aromatic rings. The van der Waals surface area contributed by atoms with Gasteiger partial charge in [0.2, 0.25) is 0 Å². The van der Waals surface area contributed by atoms with Crippen molar-refractivity contribution in [2.75, 3.05) is 9.80 Å². The van der Waals surface area contributed by atoms with Gasteiger partial charge in [0.15, 0.2) is 0 Å². The molecule has 6 heterocycles. The van der Waals surface area contributed by atoms with Crippen LogP contribution in [-0.4, -0.2) is 20.1 Å². The van der Waals surface area contributed by atoms with Crippen molar-refractivity contribution in [2.24, 2.45) is 0 Å². The molecule has 10 heteroatoms. The number of rotatable bonds is 11. The van der Waals surface area contributed by atoms with Crippen molar-refractivity contribution < 1.29 is 18.9 Å². The predicted octanol–water partition coefficient (Wildman–Crippen LogP) is 24.7. The highest BCUT2D eigenvalue weighted by Gasteiger charge is 2.55. The Kier molecular flexibility index (Phi) is 17.4. The second-order valence-electron chi connectivity index (χ2n) is 36.3. The standard InChI is InChI=1S/C117H82B3N3O4/c1-116(2,3)86-65-89(76-41-23-11-24-42-76)112(90(66-86)77-43-25-12-26-44-77)122-97-59-85(88-50-32-31-49-84(88)71-121)60-98-107(97)120(108-99(122)69-105-110-114(108)126-103-63-82(74-37-19-9-20-38-74)53-57-95(103)118(110)93-55-51-80(61-101(93)124-105)72-33-15-7-16-34-72)109-100(123(98)113-91(78-45-27-13-28-46-78)67-87(117(4,5)6)68-92(113)79-47-29-14-30-48-79)70-106-111-115(109)127-104-64-83(75-39-21-10-22-40-75)54-58-96(104)119(111)94-56-52-81(62-102(94)125-106)73-35-17-8-18-36-73/h7-70H,1-6H3. The van der Waals surface area contributed by atoms with Crippen LogP contribution in [0.3, 0.4) is 0 Å². The van der Waals surface area contributed by atoms with Crippen LogP contribution in [-0.2, 0) is 10.8 Å². The molecule has 0 N–H and O–H groups in total. The van der Waals surface area contributed by atoms with Gasteiger partial charge in [0.05, 0.1) is 23.0 Å². The van der Waals surface area contributed by atoms with Gasteiger partial charge in [0, 0.05) is 68.1 Å². The molecule has 0 fully saturated rings. The smallest absolute Gasteiger partial charge is 0.261 e. The Bertz CT molecular complexity index is 7040. The summed E-state index contributed by atoms with van der Waals surface area (Å²) in [6.07, 6.45) is 0. The van der Waals surface area contributed by atoms with E-state index in [-0.39, 0.29) is 10.8 Å². The fourth-order valence-corrected chi connectivity index (χ4v) is 20.7. The van der Waals surface area contributed by atoms with Crippen molar-refractivity contribution in [3.05, 3.63) is 405 Å². The largest absolute Gasteiger partial charge is 0.459 e. The molecule has 6 aliphatic heterocycles. The van der Waals surface area contributed by atoms with E-state index in [1.807, 2.05) is 12.1 Å². The number of hydrogen-bond acceptors (Lipinski definition) is 7. The highest BCUT2D eigenvalue weighted by Crippen LogP contribution is 2.59. The van der Waals surface area contributed by atoms with E-state index in [9.17, 15) is 5.26 Å². The van der Waals surface area contributed by atoms with Crippen molar-refractivity contribution in [1.82, 2.24) is 0 Å². The van der Waals surface area contributed by atoms with Crippen LogP contribution in [0, 0.1) is 11.3 Å². The SMILES string of the molecule is CC(C)(C)c1cc(-c2ccccc2)c(N2c3cc(-c4ccccc4C#N)cc4c3B(c3c2cc2c5c3Oc3cc(-c6ccccc6)ccc3B5c3ccc(-c5ccccc5)cc3O2)c2c(cc3c5c2Oc2cc(-c6ccccc6)ccc2B5c2ccc(-c5ccccc5)cc2O3)N4c2c(-c3ccccc3)cc(C(C)(C)C)cc2-c2ccccc2)c(-c2ccccc2)c1.